The molecule has 0 aliphatic carbocycles. The Hall–Kier alpha value is -1.69. The Morgan fingerprint density at radius 3 is 2.88 bits per heavy atom. The van der Waals surface area contributed by atoms with Gasteiger partial charge >= 0.3 is 5.97 Å². The number of nitrogens with zero attached hydrogens (tertiary/aromatic N) is 2. The van der Waals surface area contributed by atoms with Crippen molar-refractivity contribution in [1.82, 2.24) is 9.97 Å². The third kappa shape index (κ3) is 1.83. The van der Waals surface area contributed by atoms with Gasteiger partial charge in [-0.1, -0.05) is 0 Å². The van der Waals surface area contributed by atoms with Gasteiger partial charge in [0.05, 0.1) is 24.4 Å². The van der Waals surface area contributed by atoms with Crippen LogP contribution in [0.15, 0.2) is 33.7 Å². The predicted octanol–water partition coefficient (Wildman–Crippen LogP) is 2.29. The number of halogens is 1. The Morgan fingerprint density at radius 1 is 1.44 bits per heavy atom. The van der Waals surface area contributed by atoms with Crippen molar-refractivity contribution in [3.8, 4) is 11.5 Å². The molecule has 0 aromatic carbocycles. The van der Waals surface area contributed by atoms with Crippen molar-refractivity contribution in [2.75, 3.05) is 7.11 Å². The van der Waals surface area contributed by atoms with Crippen LogP contribution in [-0.2, 0) is 4.74 Å². The van der Waals surface area contributed by atoms with Crippen LogP contribution in [0.2, 0.25) is 0 Å². The summed E-state index contributed by atoms with van der Waals surface area (Å²) in [7, 11) is 1.32. The lowest BCUT2D eigenvalue weighted by atomic mass is 10.1. The van der Waals surface area contributed by atoms with E-state index in [0.29, 0.717) is 21.6 Å². The number of hydrogen-bond donors (Lipinski definition) is 0. The summed E-state index contributed by atoms with van der Waals surface area (Å²) in [4.78, 5) is 19.5. The van der Waals surface area contributed by atoms with E-state index in [9.17, 15) is 4.79 Å². The highest BCUT2D eigenvalue weighted by Crippen LogP contribution is 2.29. The SMILES string of the molecule is COC(=O)c1ccnc(Br)c1-c1ncco1. The minimum absolute atomic E-state index is 0.320. The van der Waals surface area contributed by atoms with Crippen LogP contribution in [0.1, 0.15) is 10.4 Å². The van der Waals surface area contributed by atoms with E-state index in [1.807, 2.05) is 0 Å². The first-order valence-electron chi connectivity index (χ1n) is 4.36. The lowest BCUT2D eigenvalue weighted by molar-refractivity contribution is 0.0601. The Bertz CT molecular complexity index is 511. The molecule has 2 aromatic heterocycles. The fourth-order valence-electron chi connectivity index (χ4n) is 1.27. The second kappa shape index (κ2) is 4.44. The molecule has 0 N–H and O–H groups in total. The molecule has 0 spiro atoms. The van der Waals surface area contributed by atoms with E-state index < -0.39 is 5.97 Å². The van der Waals surface area contributed by atoms with Crippen LogP contribution in [0.5, 0.6) is 0 Å². The topological polar surface area (TPSA) is 65.2 Å². The number of rotatable bonds is 2. The maximum atomic E-state index is 11.5. The highest BCUT2D eigenvalue weighted by molar-refractivity contribution is 9.10. The van der Waals surface area contributed by atoms with Gasteiger partial charge in [0.1, 0.15) is 10.9 Å². The second-order valence-corrected chi connectivity index (χ2v) is 3.60. The van der Waals surface area contributed by atoms with Crippen molar-refractivity contribution in [2.45, 2.75) is 0 Å². The van der Waals surface area contributed by atoms with E-state index in [0.717, 1.165) is 0 Å². The van der Waals surface area contributed by atoms with Crippen LogP contribution >= 0.6 is 15.9 Å². The van der Waals surface area contributed by atoms with Crippen molar-refractivity contribution >= 4 is 21.9 Å². The van der Waals surface area contributed by atoms with Crippen molar-refractivity contribution in [3.05, 3.63) is 34.9 Å². The number of aromatic nitrogens is 2. The van der Waals surface area contributed by atoms with Gasteiger partial charge in [-0.05, 0) is 22.0 Å². The molecule has 0 fully saturated rings. The monoisotopic (exact) mass is 282 g/mol. The number of methoxy groups -OCH3 is 1. The molecule has 0 saturated carbocycles. The van der Waals surface area contributed by atoms with Crippen LogP contribution in [0.3, 0.4) is 0 Å². The molecule has 5 nitrogen and oxygen atoms in total. The van der Waals surface area contributed by atoms with Crippen LogP contribution in [-0.4, -0.2) is 23.0 Å². The third-order valence-corrected chi connectivity index (χ3v) is 2.56. The number of hydrogen-bond acceptors (Lipinski definition) is 5. The summed E-state index contributed by atoms with van der Waals surface area (Å²) < 4.78 is 10.3. The summed E-state index contributed by atoms with van der Waals surface area (Å²) in [5.41, 5.74) is 0.839. The van der Waals surface area contributed by atoms with E-state index in [4.69, 9.17) is 4.42 Å². The normalized spacial score (nSPS) is 10.1. The molecule has 82 valence electrons. The van der Waals surface area contributed by atoms with Gasteiger partial charge < -0.3 is 9.15 Å². The number of carbonyl (C=O) groups excluding carboxylic acids is 1. The van der Waals surface area contributed by atoms with E-state index in [-0.39, 0.29) is 0 Å². The molecule has 2 heterocycles. The summed E-state index contributed by atoms with van der Waals surface area (Å²) in [6.07, 6.45) is 4.43. The second-order valence-electron chi connectivity index (χ2n) is 2.85. The molecule has 0 bridgehead atoms. The lowest BCUT2D eigenvalue weighted by Crippen LogP contribution is -2.04. The smallest absolute Gasteiger partial charge is 0.338 e. The summed E-state index contributed by atoms with van der Waals surface area (Å²) in [5, 5.41) is 0. The van der Waals surface area contributed by atoms with Gasteiger partial charge in [0, 0.05) is 6.20 Å². The minimum atomic E-state index is -0.462. The van der Waals surface area contributed by atoms with Gasteiger partial charge in [-0.3, -0.25) is 0 Å². The molecule has 0 aliphatic rings. The van der Waals surface area contributed by atoms with Gasteiger partial charge in [0.15, 0.2) is 0 Å². The summed E-state index contributed by atoms with van der Waals surface area (Å²) in [5.74, 6) is -0.142. The number of esters is 1. The number of carbonyl (C=O) groups is 1. The van der Waals surface area contributed by atoms with Crippen molar-refractivity contribution in [1.29, 1.82) is 0 Å². The fourth-order valence-corrected chi connectivity index (χ4v) is 1.77. The van der Waals surface area contributed by atoms with Gasteiger partial charge in [-0.15, -0.1) is 0 Å². The number of ether oxygens (including phenoxy) is 1. The first-order chi connectivity index (χ1) is 7.74. The van der Waals surface area contributed by atoms with Crippen molar-refractivity contribution in [3.63, 3.8) is 0 Å². The third-order valence-electron chi connectivity index (χ3n) is 1.96. The molecular formula is C10H7BrN2O3. The standard InChI is InChI=1S/C10H7BrN2O3/c1-15-10(14)6-2-3-12-8(11)7(6)9-13-4-5-16-9/h2-5H,1H3. The summed E-state index contributed by atoms with van der Waals surface area (Å²) in [6.45, 7) is 0. The fraction of sp³-hybridized carbons (Fsp3) is 0.100. The van der Waals surface area contributed by atoms with E-state index >= 15 is 0 Å². The molecule has 0 atom stereocenters. The maximum absolute atomic E-state index is 11.5. The number of pyridine rings is 1. The van der Waals surface area contributed by atoms with Crippen molar-refractivity contribution < 1.29 is 13.9 Å². The molecule has 0 aliphatic heterocycles. The zero-order valence-electron chi connectivity index (χ0n) is 8.31. The van der Waals surface area contributed by atoms with Crippen LogP contribution in [0.25, 0.3) is 11.5 Å². The summed E-state index contributed by atoms with van der Waals surface area (Å²) >= 11 is 3.25. The quantitative estimate of drug-likeness (QED) is 0.625. The Kier molecular flexibility index (Phi) is 3.00. The zero-order valence-corrected chi connectivity index (χ0v) is 9.89. The van der Waals surface area contributed by atoms with Crippen LogP contribution < -0.4 is 0 Å². The van der Waals surface area contributed by atoms with E-state index in [2.05, 4.69) is 30.6 Å². The average molecular weight is 283 g/mol. The molecule has 16 heavy (non-hydrogen) atoms. The molecule has 0 amide bonds. The molecule has 2 rings (SSSR count). The highest BCUT2D eigenvalue weighted by Gasteiger charge is 2.19. The molecular weight excluding hydrogens is 276 g/mol. The molecule has 0 unspecified atom stereocenters. The minimum Gasteiger partial charge on any atom is -0.465 e. The van der Waals surface area contributed by atoms with E-state index in [1.165, 1.54) is 25.8 Å². The largest absolute Gasteiger partial charge is 0.465 e. The molecule has 6 heteroatoms. The first kappa shape index (κ1) is 10.8. The van der Waals surface area contributed by atoms with Gasteiger partial charge in [0.25, 0.3) is 0 Å². The highest BCUT2D eigenvalue weighted by atomic mass is 79.9. The Labute approximate surface area is 99.6 Å². The maximum Gasteiger partial charge on any atom is 0.338 e. The van der Waals surface area contributed by atoms with Gasteiger partial charge in [-0.2, -0.15) is 0 Å². The van der Waals surface area contributed by atoms with Crippen molar-refractivity contribution in [2.24, 2.45) is 0 Å². The predicted molar refractivity (Wildman–Crippen MR) is 58.8 cm³/mol. The molecule has 0 saturated heterocycles. The van der Waals surface area contributed by atoms with E-state index in [1.54, 1.807) is 6.07 Å². The lowest BCUT2D eigenvalue weighted by Gasteiger charge is -2.05. The summed E-state index contributed by atoms with van der Waals surface area (Å²) in [6, 6.07) is 1.55. The molecule has 2 aromatic rings. The zero-order chi connectivity index (χ0) is 11.5. The Balaban J connectivity index is 2.62. The van der Waals surface area contributed by atoms with Crippen LogP contribution in [0.4, 0.5) is 0 Å². The van der Waals surface area contributed by atoms with Crippen LogP contribution in [0, 0.1) is 0 Å². The Morgan fingerprint density at radius 2 is 2.25 bits per heavy atom. The average Bonchev–Trinajstić information content (AvgIpc) is 2.81. The first-order valence-corrected chi connectivity index (χ1v) is 5.16. The van der Waals surface area contributed by atoms with Gasteiger partial charge in [-0.25, -0.2) is 14.8 Å². The van der Waals surface area contributed by atoms with Gasteiger partial charge in [0.2, 0.25) is 5.89 Å². The number of oxazole rings is 1. The molecule has 0 radical (unpaired) electrons.